The van der Waals surface area contributed by atoms with Crippen LogP contribution in [0.2, 0.25) is 10.0 Å². The molecule has 1 aromatic rings. The SMILES string of the molecule is CCOCCCN1C(=O)C(c2ccc(Cl)cc2Cl)=C(N2CCOCC2)C1=O. The van der Waals surface area contributed by atoms with Gasteiger partial charge in [-0.15, -0.1) is 0 Å². The second-order valence-corrected chi connectivity index (χ2v) is 7.10. The lowest BCUT2D eigenvalue weighted by molar-refractivity contribution is -0.138. The highest BCUT2D eigenvalue weighted by atomic mass is 35.5. The molecule has 27 heavy (non-hydrogen) atoms. The van der Waals surface area contributed by atoms with E-state index in [9.17, 15) is 9.59 Å². The van der Waals surface area contributed by atoms with E-state index in [1.54, 1.807) is 18.2 Å². The predicted molar refractivity (Wildman–Crippen MR) is 104 cm³/mol. The Labute approximate surface area is 168 Å². The van der Waals surface area contributed by atoms with E-state index in [1.165, 1.54) is 4.90 Å². The van der Waals surface area contributed by atoms with E-state index in [0.29, 0.717) is 79.4 Å². The fourth-order valence-corrected chi connectivity index (χ4v) is 3.75. The van der Waals surface area contributed by atoms with Gasteiger partial charge in [-0.25, -0.2) is 0 Å². The molecule has 1 saturated heterocycles. The van der Waals surface area contributed by atoms with Crippen LogP contribution in [0.1, 0.15) is 18.9 Å². The van der Waals surface area contributed by atoms with E-state index in [1.807, 2.05) is 11.8 Å². The second kappa shape index (κ2) is 9.06. The monoisotopic (exact) mass is 412 g/mol. The number of halogens is 2. The van der Waals surface area contributed by atoms with Crippen LogP contribution in [0.25, 0.3) is 5.57 Å². The highest BCUT2D eigenvalue weighted by Crippen LogP contribution is 2.36. The quantitative estimate of drug-likeness (QED) is 0.508. The zero-order valence-electron chi connectivity index (χ0n) is 15.2. The van der Waals surface area contributed by atoms with Crippen LogP contribution >= 0.6 is 23.2 Å². The summed E-state index contributed by atoms with van der Waals surface area (Å²) in [6, 6.07) is 4.94. The van der Waals surface area contributed by atoms with Crippen molar-refractivity contribution in [1.82, 2.24) is 9.80 Å². The molecule has 2 amide bonds. The minimum Gasteiger partial charge on any atom is -0.382 e. The highest BCUT2D eigenvalue weighted by molar-refractivity contribution is 6.41. The normalized spacial score (nSPS) is 18.0. The van der Waals surface area contributed by atoms with Gasteiger partial charge in [0.05, 0.1) is 23.8 Å². The van der Waals surface area contributed by atoms with Gasteiger partial charge in [0.25, 0.3) is 11.8 Å². The molecular formula is C19H22Cl2N2O4. The van der Waals surface area contributed by atoms with Gasteiger partial charge in [-0.3, -0.25) is 14.5 Å². The Morgan fingerprint density at radius 1 is 1.15 bits per heavy atom. The van der Waals surface area contributed by atoms with Crippen molar-refractivity contribution in [2.24, 2.45) is 0 Å². The average molecular weight is 413 g/mol. The molecule has 0 aliphatic carbocycles. The third-order valence-electron chi connectivity index (χ3n) is 4.55. The molecule has 0 N–H and O–H groups in total. The first-order chi connectivity index (χ1) is 13.0. The molecule has 6 nitrogen and oxygen atoms in total. The fraction of sp³-hybridized carbons (Fsp3) is 0.474. The lowest BCUT2D eigenvalue weighted by atomic mass is 10.0. The molecule has 0 saturated carbocycles. The van der Waals surface area contributed by atoms with Crippen molar-refractivity contribution >= 4 is 40.6 Å². The van der Waals surface area contributed by atoms with E-state index >= 15 is 0 Å². The van der Waals surface area contributed by atoms with Crippen molar-refractivity contribution in [2.45, 2.75) is 13.3 Å². The Hall–Kier alpha value is -1.60. The average Bonchev–Trinajstić information content (AvgIpc) is 2.90. The van der Waals surface area contributed by atoms with E-state index < -0.39 is 0 Å². The molecule has 1 aromatic carbocycles. The number of carbonyl (C=O) groups excluding carboxylic acids is 2. The van der Waals surface area contributed by atoms with Crippen LogP contribution in [0.3, 0.4) is 0 Å². The standard InChI is InChI=1S/C19H22Cl2N2O4/c1-2-26-9-3-6-23-18(24)16(14-5-4-13(20)12-15(14)21)17(19(23)25)22-7-10-27-11-8-22/h4-5,12H,2-3,6-11H2,1H3. The van der Waals surface area contributed by atoms with E-state index in [-0.39, 0.29) is 11.8 Å². The fourth-order valence-electron chi connectivity index (χ4n) is 3.25. The van der Waals surface area contributed by atoms with Gasteiger partial charge < -0.3 is 14.4 Å². The van der Waals surface area contributed by atoms with Crippen LogP contribution in [0.5, 0.6) is 0 Å². The number of rotatable bonds is 7. The van der Waals surface area contributed by atoms with Crippen molar-refractivity contribution < 1.29 is 19.1 Å². The summed E-state index contributed by atoms with van der Waals surface area (Å²) in [5.41, 5.74) is 1.25. The smallest absolute Gasteiger partial charge is 0.277 e. The molecule has 0 radical (unpaired) electrons. The molecule has 0 spiro atoms. The van der Waals surface area contributed by atoms with Gasteiger partial charge in [0.1, 0.15) is 5.70 Å². The number of hydrogen-bond donors (Lipinski definition) is 0. The number of hydrogen-bond acceptors (Lipinski definition) is 5. The minimum absolute atomic E-state index is 0.292. The summed E-state index contributed by atoms with van der Waals surface area (Å²) in [6.07, 6.45) is 0.587. The molecule has 8 heteroatoms. The summed E-state index contributed by atoms with van der Waals surface area (Å²) in [4.78, 5) is 29.4. The van der Waals surface area contributed by atoms with Crippen molar-refractivity contribution in [2.75, 3.05) is 46.1 Å². The van der Waals surface area contributed by atoms with Gasteiger partial charge in [0, 0.05) is 43.4 Å². The predicted octanol–water partition coefficient (Wildman–Crippen LogP) is 2.83. The third-order valence-corrected chi connectivity index (χ3v) is 5.09. The maximum atomic E-state index is 13.1. The Bertz CT molecular complexity index is 760. The summed E-state index contributed by atoms with van der Waals surface area (Å²) in [6.45, 7) is 5.44. The van der Waals surface area contributed by atoms with Gasteiger partial charge in [-0.05, 0) is 25.5 Å². The van der Waals surface area contributed by atoms with Crippen LogP contribution in [0.4, 0.5) is 0 Å². The van der Waals surface area contributed by atoms with Crippen LogP contribution in [0.15, 0.2) is 23.9 Å². The van der Waals surface area contributed by atoms with Crippen molar-refractivity contribution in [3.8, 4) is 0 Å². The van der Waals surface area contributed by atoms with Gasteiger partial charge in [-0.2, -0.15) is 0 Å². The first-order valence-electron chi connectivity index (χ1n) is 9.01. The maximum absolute atomic E-state index is 13.1. The van der Waals surface area contributed by atoms with Crippen LogP contribution < -0.4 is 0 Å². The summed E-state index contributed by atoms with van der Waals surface area (Å²) in [5.74, 6) is -0.623. The highest BCUT2D eigenvalue weighted by Gasteiger charge is 2.42. The molecule has 0 atom stereocenters. The molecule has 1 fully saturated rings. The molecule has 2 aliphatic heterocycles. The number of benzene rings is 1. The minimum atomic E-state index is -0.331. The Balaban J connectivity index is 1.95. The van der Waals surface area contributed by atoms with Gasteiger partial charge in [0.15, 0.2) is 0 Å². The largest absolute Gasteiger partial charge is 0.382 e. The lowest BCUT2D eigenvalue weighted by Crippen LogP contribution is -2.40. The molecular weight excluding hydrogens is 391 g/mol. The third kappa shape index (κ3) is 4.29. The summed E-state index contributed by atoms with van der Waals surface area (Å²) in [5, 5.41) is 0.822. The number of carbonyl (C=O) groups is 2. The van der Waals surface area contributed by atoms with Crippen LogP contribution in [-0.2, 0) is 19.1 Å². The number of ether oxygens (including phenoxy) is 2. The second-order valence-electron chi connectivity index (χ2n) is 6.26. The number of imide groups is 1. The molecule has 146 valence electrons. The molecule has 2 aliphatic rings. The summed E-state index contributed by atoms with van der Waals surface area (Å²) >= 11 is 12.4. The molecule has 0 aromatic heterocycles. The molecule has 3 rings (SSSR count). The van der Waals surface area contributed by atoms with E-state index in [4.69, 9.17) is 32.7 Å². The van der Waals surface area contributed by atoms with E-state index in [0.717, 1.165) is 0 Å². The van der Waals surface area contributed by atoms with E-state index in [2.05, 4.69) is 0 Å². The molecule has 0 unspecified atom stereocenters. The molecule has 2 heterocycles. The van der Waals surface area contributed by atoms with Crippen molar-refractivity contribution in [3.63, 3.8) is 0 Å². The van der Waals surface area contributed by atoms with Crippen molar-refractivity contribution in [3.05, 3.63) is 39.5 Å². The maximum Gasteiger partial charge on any atom is 0.277 e. The Morgan fingerprint density at radius 2 is 1.89 bits per heavy atom. The summed E-state index contributed by atoms with van der Waals surface area (Å²) in [7, 11) is 0. The zero-order valence-corrected chi connectivity index (χ0v) is 16.7. The van der Waals surface area contributed by atoms with Crippen LogP contribution in [0, 0.1) is 0 Å². The zero-order chi connectivity index (χ0) is 19.4. The van der Waals surface area contributed by atoms with Gasteiger partial charge in [0.2, 0.25) is 0 Å². The van der Waals surface area contributed by atoms with Gasteiger partial charge in [-0.1, -0.05) is 29.3 Å². The lowest BCUT2D eigenvalue weighted by Gasteiger charge is -2.29. The summed E-state index contributed by atoms with van der Waals surface area (Å²) < 4.78 is 10.7. The number of morpholine rings is 1. The first kappa shape index (κ1) is 20.1. The Morgan fingerprint density at radius 3 is 2.56 bits per heavy atom. The molecule has 0 bridgehead atoms. The van der Waals surface area contributed by atoms with Crippen molar-refractivity contribution in [1.29, 1.82) is 0 Å². The topological polar surface area (TPSA) is 59.1 Å². The van der Waals surface area contributed by atoms with Gasteiger partial charge >= 0.3 is 0 Å². The van der Waals surface area contributed by atoms with Crippen LogP contribution in [-0.4, -0.2) is 67.7 Å². The first-order valence-corrected chi connectivity index (χ1v) is 9.76. The number of amides is 2. The Kier molecular flexibility index (Phi) is 6.76. The number of nitrogens with zero attached hydrogens (tertiary/aromatic N) is 2.